The Bertz CT molecular complexity index is 1750. The van der Waals surface area contributed by atoms with Crippen LogP contribution in [-0.4, -0.2) is 57.0 Å². The molecule has 0 saturated heterocycles. The Morgan fingerprint density at radius 1 is 1.16 bits per heavy atom. The summed E-state index contributed by atoms with van der Waals surface area (Å²) in [6, 6.07) is 9.95. The lowest BCUT2D eigenvalue weighted by molar-refractivity contribution is -0.113. The van der Waals surface area contributed by atoms with Gasteiger partial charge in [-0.1, -0.05) is 17.4 Å². The van der Waals surface area contributed by atoms with E-state index < -0.39 is 42.4 Å². The Hall–Kier alpha value is -3.34. The maximum absolute atomic E-state index is 13.3. The number of amides is 1. The molecule has 1 aromatic heterocycles. The zero-order chi connectivity index (χ0) is 27.2. The third kappa shape index (κ3) is 4.79. The molecule has 2 aliphatic rings. The summed E-state index contributed by atoms with van der Waals surface area (Å²) in [6.45, 7) is 4.40. The number of benzene rings is 2. The fourth-order valence-corrected chi connectivity index (χ4v) is 8.48. The van der Waals surface area contributed by atoms with E-state index in [1.54, 1.807) is 43.3 Å². The van der Waals surface area contributed by atoms with Gasteiger partial charge in [0.25, 0.3) is 15.9 Å². The van der Waals surface area contributed by atoms with Gasteiger partial charge in [-0.05, 0) is 49.9 Å². The maximum Gasteiger partial charge on any atom is 0.293 e. The monoisotopic (exact) mass is 596 g/mol. The van der Waals surface area contributed by atoms with E-state index in [1.165, 1.54) is 0 Å². The van der Waals surface area contributed by atoms with Gasteiger partial charge in [0.1, 0.15) is 23.0 Å². The molecule has 0 fully saturated rings. The number of ether oxygens (including phenoxy) is 2. The summed E-state index contributed by atoms with van der Waals surface area (Å²) in [6.07, 6.45) is 0. The number of aliphatic hydroxyl groups is 1. The van der Waals surface area contributed by atoms with Gasteiger partial charge in [-0.25, -0.2) is 13.4 Å². The number of nitrogens with one attached hydrogen (secondary N) is 1. The molecule has 5 rings (SSSR count). The van der Waals surface area contributed by atoms with Crippen LogP contribution in [0.4, 0.5) is 10.8 Å². The molecule has 200 valence electrons. The summed E-state index contributed by atoms with van der Waals surface area (Å²) >= 11 is 1.97. The molecule has 2 aliphatic heterocycles. The number of amidine groups is 1. The summed E-state index contributed by atoms with van der Waals surface area (Å²) in [4.78, 5) is 17.9. The highest BCUT2D eigenvalue weighted by Gasteiger charge is 2.46. The van der Waals surface area contributed by atoms with Crippen LogP contribution in [-0.2, 0) is 24.8 Å². The number of nitrogens with zero attached hydrogens (tertiary/aromatic N) is 3. The number of aromatic nitrogens is 1. The molecule has 0 unspecified atom stereocenters. The lowest BCUT2D eigenvalue weighted by atomic mass is 10.2. The molecule has 12 nitrogen and oxygen atoms in total. The molecule has 2 aromatic carbocycles. The second kappa shape index (κ2) is 9.76. The zero-order valence-corrected chi connectivity index (χ0v) is 23.1. The number of rotatable bonds is 8. The Kier molecular flexibility index (Phi) is 6.75. The van der Waals surface area contributed by atoms with E-state index >= 15 is 0 Å². The van der Waals surface area contributed by atoms with Gasteiger partial charge in [0, 0.05) is 6.07 Å². The fraction of sp³-hybridized carbons (Fsp3) is 0.227. The van der Waals surface area contributed by atoms with Crippen LogP contribution in [0.3, 0.4) is 0 Å². The van der Waals surface area contributed by atoms with Gasteiger partial charge >= 0.3 is 0 Å². The number of thioether (sulfide) groups is 1. The van der Waals surface area contributed by atoms with E-state index in [0.717, 1.165) is 28.0 Å². The lowest BCUT2D eigenvalue weighted by Gasteiger charge is -2.23. The van der Waals surface area contributed by atoms with Gasteiger partial charge in [-0.15, -0.1) is 4.40 Å². The van der Waals surface area contributed by atoms with Crippen LogP contribution < -0.4 is 19.1 Å². The minimum atomic E-state index is -4.70. The molecule has 2 N–H and O–H groups in total. The predicted octanol–water partition coefficient (Wildman–Crippen LogP) is 3.44. The molecule has 0 aliphatic carbocycles. The number of hydrogen-bond acceptors (Lipinski definition) is 11. The minimum absolute atomic E-state index is 0.00194. The van der Waals surface area contributed by atoms with Crippen LogP contribution in [0.2, 0.25) is 0 Å². The molecular formula is C22H20N4O8S4. The summed E-state index contributed by atoms with van der Waals surface area (Å²) in [5.74, 6) is -2.47. The van der Waals surface area contributed by atoms with Crippen molar-refractivity contribution >= 4 is 75.3 Å². The van der Waals surface area contributed by atoms with Crippen LogP contribution in [0.1, 0.15) is 13.8 Å². The Morgan fingerprint density at radius 3 is 2.66 bits per heavy atom. The Morgan fingerprint density at radius 2 is 1.92 bits per heavy atom. The molecule has 16 heteroatoms. The highest BCUT2D eigenvalue weighted by Crippen LogP contribution is 2.48. The third-order valence-electron chi connectivity index (χ3n) is 5.24. The van der Waals surface area contributed by atoms with Crippen molar-refractivity contribution in [1.29, 1.82) is 0 Å². The van der Waals surface area contributed by atoms with E-state index in [9.17, 15) is 26.7 Å². The standard InChI is InChI=1S/C22H20N4O8S4/c1-3-33-12-8-9-17-13(10-12)23-21(35-17)24-37(29,30)11-15(27)19-20(28)26-14-6-5-7-16(34-4-2)18(14)36-22(26)25-38(19,31)32/h5-10,27H,3-4,11H2,1-2H3,(H,23,24)/b19-15+. The molecule has 0 atom stereocenters. The minimum Gasteiger partial charge on any atom is -0.509 e. The molecule has 1 amide bonds. The van der Waals surface area contributed by atoms with Gasteiger partial charge in [0.05, 0.1) is 34.0 Å². The highest BCUT2D eigenvalue weighted by atomic mass is 32.2. The lowest BCUT2D eigenvalue weighted by Crippen LogP contribution is -2.41. The van der Waals surface area contributed by atoms with E-state index in [2.05, 4.69) is 14.1 Å². The summed E-state index contributed by atoms with van der Waals surface area (Å²) in [7, 11) is -9.07. The van der Waals surface area contributed by atoms with Crippen molar-refractivity contribution in [2.24, 2.45) is 4.40 Å². The summed E-state index contributed by atoms with van der Waals surface area (Å²) < 4.78 is 68.9. The number of aliphatic hydroxyl groups excluding tert-OH is 1. The molecule has 0 radical (unpaired) electrons. The normalized spacial score (nSPS) is 17.6. The van der Waals surface area contributed by atoms with E-state index in [1.807, 2.05) is 6.92 Å². The fourth-order valence-electron chi connectivity index (χ4n) is 3.80. The number of sulfonamides is 2. The van der Waals surface area contributed by atoms with Crippen LogP contribution in [0.25, 0.3) is 10.2 Å². The summed E-state index contributed by atoms with van der Waals surface area (Å²) in [5.41, 5.74) is 0.802. The van der Waals surface area contributed by atoms with Gasteiger partial charge in [-0.2, -0.15) is 8.42 Å². The first-order chi connectivity index (χ1) is 18.0. The number of fused-ring (bicyclic) bond motifs is 4. The van der Waals surface area contributed by atoms with E-state index in [-0.39, 0.29) is 10.3 Å². The van der Waals surface area contributed by atoms with Crippen LogP contribution in [0.15, 0.2) is 56.4 Å². The third-order valence-corrected chi connectivity index (χ3v) is 10.0. The van der Waals surface area contributed by atoms with Crippen molar-refractivity contribution in [1.82, 2.24) is 4.98 Å². The molecule has 3 heterocycles. The van der Waals surface area contributed by atoms with Gasteiger partial charge in [0.2, 0.25) is 10.0 Å². The van der Waals surface area contributed by atoms with Crippen LogP contribution in [0, 0.1) is 0 Å². The summed E-state index contributed by atoms with van der Waals surface area (Å²) in [5, 5.41) is 10.5. The van der Waals surface area contributed by atoms with Gasteiger partial charge in [0.15, 0.2) is 15.2 Å². The van der Waals surface area contributed by atoms with Gasteiger partial charge in [-0.3, -0.25) is 14.4 Å². The van der Waals surface area contributed by atoms with Gasteiger partial charge < -0.3 is 14.6 Å². The number of carbonyl (C=O) groups is 1. The maximum atomic E-state index is 13.3. The van der Waals surface area contributed by atoms with Crippen molar-refractivity contribution in [3.8, 4) is 11.5 Å². The first-order valence-corrected chi connectivity index (χ1v) is 15.8. The predicted molar refractivity (Wildman–Crippen MR) is 145 cm³/mol. The highest BCUT2D eigenvalue weighted by molar-refractivity contribution is 8.16. The molecule has 0 spiro atoms. The van der Waals surface area contributed by atoms with Crippen molar-refractivity contribution < 1.29 is 36.2 Å². The van der Waals surface area contributed by atoms with E-state index in [0.29, 0.717) is 45.5 Å². The quantitative estimate of drug-likeness (QED) is 0.291. The Labute approximate surface area is 226 Å². The average Bonchev–Trinajstić information content (AvgIpc) is 3.38. The Balaban J connectivity index is 1.45. The zero-order valence-electron chi connectivity index (χ0n) is 19.9. The molecular weight excluding hydrogens is 577 g/mol. The number of hydrogen-bond donors (Lipinski definition) is 2. The second-order valence-electron chi connectivity index (χ2n) is 7.85. The van der Waals surface area contributed by atoms with Crippen LogP contribution >= 0.6 is 23.1 Å². The molecule has 3 aromatic rings. The first kappa shape index (κ1) is 26.3. The van der Waals surface area contributed by atoms with E-state index in [4.69, 9.17) is 9.47 Å². The smallest absolute Gasteiger partial charge is 0.293 e. The number of carbonyl (C=O) groups excluding carboxylic acids is 1. The largest absolute Gasteiger partial charge is 0.509 e. The molecule has 38 heavy (non-hydrogen) atoms. The van der Waals surface area contributed by atoms with Crippen molar-refractivity contribution in [3.63, 3.8) is 0 Å². The SMILES string of the molecule is CCOc1ccc2sc(NS(=O)(=O)C/C(O)=C3/C(=O)N4C(=NS3(=O)=O)Sc3c(OCC)cccc34)nc2c1. The van der Waals surface area contributed by atoms with Crippen molar-refractivity contribution in [2.45, 2.75) is 18.7 Å². The topological polar surface area (TPSA) is 165 Å². The molecule has 0 saturated carbocycles. The van der Waals surface area contributed by atoms with Crippen molar-refractivity contribution in [2.75, 3.05) is 28.6 Å². The first-order valence-electron chi connectivity index (χ1n) is 11.1. The number of thiazole rings is 1. The number of anilines is 2. The van der Waals surface area contributed by atoms with Crippen LogP contribution in [0.5, 0.6) is 11.5 Å². The second-order valence-corrected chi connectivity index (χ2v) is 13.1. The van der Waals surface area contributed by atoms with Crippen molar-refractivity contribution in [3.05, 3.63) is 47.1 Å². The molecule has 0 bridgehead atoms. The average molecular weight is 597 g/mol.